The molecule has 5 N–H and O–H groups in total. The first-order valence-electron chi connectivity index (χ1n) is 9.57. The largest absolute Gasteiger partial charge is 0.395 e. The maximum atomic E-state index is 13.0. The molecule has 5 atom stereocenters. The lowest BCUT2D eigenvalue weighted by atomic mass is 9.81. The van der Waals surface area contributed by atoms with Gasteiger partial charge in [-0.3, -0.25) is 9.69 Å². The molecule has 1 amide bonds. The highest BCUT2D eigenvalue weighted by Gasteiger charge is 2.50. The number of aliphatic hydroxyl groups is 4. The van der Waals surface area contributed by atoms with Crippen molar-refractivity contribution in [2.75, 3.05) is 13.2 Å². The Balaban J connectivity index is 3.07. The second kappa shape index (κ2) is 8.97. The van der Waals surface area contributed by atoms with Gasteiger partial charge in [0.15, 0.2) is 0 Å². The molecule has 1 rings (SSSR count). The number of rotatable bonds is 7. The number of unbranched alkanes of at least 4 members (excludes halogenated alkanes) is 1. The molecule has 0 aliphatic carbocycles. The highest BCUT2D eigenvalue weighted by atomic mass is 16.4. The van der Waals surface area contributed by atoms with E-state index in [2.05, 4.69) is 26.1 Å². The fraction of sp³-hybridized carbons (Fsp3) is 0.947. The van der Waals surface area contributed by atoms with Gasteiger partial charge in [-0.2, -0.15) is 0 Å². The van der Waals surface area contributed by atoms with Gasteiger partial charge < -0.3 is 25.7 Å². The molecular formula is C19H38N2O5. The minimum absolute atomic E-state index is 0.00714. The standard InChI is InChI=1S/C19H38N2O5/c1-7-8-9-21-12(10-22)14(23)16(25)15(24)13(21)17(26)20-19(5,6)11-18(2,3)4/h12-16,22-25H,7-11H2,1-6H3,(H,20,26)/t12-,13-,14+,15-,16-/m0/s1. The minimum Gasteiger partial charge on any atom is -0.395 e. The summed E-state index contributed by atoms with van der Waals surface area (Å²) < 4.78 is 0. The Hall–Kier alpha value is -0.730. The maximum Gasteiger partial charge on any atom is 0.240 e. The van der Waals surface area contributed by atoms with Crippen molar-refractivity contribution in [2.24, 2.45) is 5.41 Å². The first-order chi connectivity index (χ1) is 11.8. The van der Waals surface area contributed by atoms with E-state index in [9.17, 15) is 25.2 Å². The van der Waals surface area contributed by atoms with Crippen molar-refractivity contribution in [3.63, 3.8) is 0 Å². The van der Waals surface area contributed by atoms with Crippen molar-refractivity contribution >= 4 is 5.91 Å². The van der Waals surface area contributed by atoms with Crippen LogP contribution in [0.1, 0.15) is 60.8 Å². The van der Waals surface area contributed by atoms with E-state index in [-0.39, 0.29) is 5.41 Å². The molecule has 0 aromatic heterocycles. The molecule has 1 heterocycles. The van der Waals surface area contributed by atoms with E-state index < -0.39 is 48.4 Å². The van der Waals surface area contributed by atoms with Crippen molar-refractivity contribution in [1.82, 2.24) is 10.2 Å². The summed E-state index contributed by atoms with van der Waals surface area (Å²) in [6, 6.07) is -1.81. The number of amides is 1. The summed E-state index contributed by atoms with van der Waals surface area (Å²) in [4.78, 5) is 14.6. The van der Waals surface area contributed by atoms with Crippen LogP contribution in [0, 0.1) is 5.41 Å². The molecule has 0 saturated carbocycles. The third-order valence-corrected chi connectivity index (χ3v) is 4.86. The summed E-state index contributed by atoms with van der Waals surface area (Å²) >= 11 is 0. The van der Waals surface area contributed by atoms with Crippen LogP contribution in [0.5, 0.6) is 0 Å². The normalized spacial score (nSPS) is 31.1. The molecular weight excluding hydrogens is 336 g/mol. The maximum absolute atomic E-state index is 13.0. The zero-order valence-electron chi connectivity index (χ0n) is 17.1. The van der Waals surface area contributed by atoms with Gasteiger partial charge in [-0.25, -0.2) is 0 Å². The summed E-state index contributed by atoms with van der Waals surface area (Å²) in [7, 11) is 0. The third kappa shape index (κ3) is 5.89. The topological polar surface area (TPSA) is 113 Å². The van der Waals surface area contributed by atoms with E-state index in [0.717, 1.165) is 19.3 Å². The van der Waals surface area contributed by atoms with Gasteiger partial charge in [0.25, 0.3) is 0 Å². The number of aliphatic hydroxyl groups excluding tert-OH is 4. The van der Waals surface area contributed by atoms with Crippen molar-refractivity contribution < 1.29 is 25.2 Å². The van der Waals surface area contributed by atoms with Crippen LogP contribution >= 0.6 is 0 Å². The first-order valence-corrected chi connectivity index (χ1v) is 9.57. The summed E-state index contributed by atoms with van der Waals surface area (Å²) in [6.07, 6.45) is -1.85. The second-order valence-corrected chi connectivity index (χ2v) is 9.37. The number of carbonyl (C=O) groups is 1. The smallest absolute Gasteiger partial charge is 0.240 e. The summed E-state index contributed by atoms with van der Waals surface area (Å²) in [6.45, 7) is 12.2. The first kappa shape index (κ1) is 23.3. The lowest BCUT2D eigenvalue weighted by Crippen LogP contribution is -2.71. The van der Waals surface area contributed by atoms with Crippen LogP contribution < -0.4 is 5.32 Å². The van der Waals surface area contributed by atoms with Crippen LogP contribution in [0.3, 0.4) is 0 Å². The molecule has 7 heteroatoms. The van der Waals surface area contributed by atoms with E-state index >= 15 is 0 Å². The number of nitrogens with one attached hydrogen (secondary N) is 1. The second-order valence-electron chi connectivity index (χ2n) is 9.37. The molecule has 0 bridgehead atoms. The Bertz CT molecular complexity index is 463. The number of carbonyl (C=O) groups excluding carboxylic acids is 1. The molecule has 0 spiro atoms. The summed E-state index contributed by atoms with van der Waals surface area (Å²) in [5.41, 5.74) is -0.492. The molecule has 7 nitrogen and oxygen atoms in total. The molecule has 0 aromatic carbocycles. The minimum atomic E-state index is -1.48. The summed E-state index contributed by atoms with van der Waals surface area (Å²) in [5, 5.41) is 43.6. The highest BCUT2D eigenvalue weighted by molar-refractivity contribution is 5.83. The molecule has 0 aromatic rings. The molecule has 1 saturated heterocycles. The third-order valence-electron chi connectivity index (χ3n) is 4.86. The Labute approximate surface area is 157 Å². The molecule has 0 unspecified atom stereocenters. The molecule has 154 valence electrons. The van der Waals surface area contributed by atoms with Crippen LogP contribution in [0.4, 0.5) is 0 Å². The van der Waals surface area contributed by atoms with Gasteiger partial charge in [-0.05, 0) is 38.6 Å². The molecule has 0 radical (unpaired) electrons. The zero-order valence-corrected chi connectivity index (χ0v) is 17.1. The van der Waals surface area contributed by atoms with Crippen LogP contribution in [-0.2, 0) is 4.79 Å². The van der Waals surface area contributed by atoms with Gasteiger partial charge in [0, 0.05) is 5.54 Å². The number of piperidine rings is 1. The van der Waals surface area contributed by atoms with E-state index in [1.165, 1.54) is 0 Å². The molecule has 1 fully saturated rings. The van der Waals surface area contributed by atoms with E-state index in [4.69, 9.17) is 0 Å². The van der Waals surface area contributed by atoms with Gasteiger partial charge in [0.2, 0.25) is 5.91 Å². The van der Waals surface area contributed by atoms with Gasteiger partial charge >= 0.3 is 0 Å². The van der Waals surface area contributed by atoms with Crippen molar-refractivity contribution in [1.29, 1.82) is 0 Å². The van der Waals surface area contributed by atoms with Gasteiger partial charge in [-0.15, -0.1) is 0 Å². The quantitative estimate of drug-likeness (QED) is 0.436. The zero-order chi connectivity index (χ0) is 20.3. The average molecular weight is 375 g/mol. The number of hydrogen-bond donors (Lipinski definition) is 5. The van der Waals surface area contributed by atoms with Crippen molar-refractivity contribution in [3.05, 3.63) is 0 Å². The van der Waals surface area contributed by atoms with Gasteiger partial charge in [0.05, 0.1) is 12.6 Å². The number of nitrogens with zero attached hydrogens (tertiary/aromatic N) is 1. The van der Waals surface area contributed by atoms with Crippen LogP contribution in [0.2, 0.25) is 0 Å². The van der Waals surface area contributed by atoms with Crippen LogP contribution in [-0.4, -0.2) is 80.3 Å². The van der Waals surface area contributed by atoms with Crippen LogP contribution in [0.25, 0.3) is 0 Å². The lowest BCUT2D eigenvalue weighted by molar-refractivity contribution is -0.179. The fourth-order valence-electron chi connectivity index (χ4n) is 4.16. The highest BCUT2D eigenvalue weighted by Crippen LogP contribution is 2.29. The summed E-state index contributed by atoms with van der Waals surface area (Å²) in [5.74, 6) is -0.396. The predicted octanol–water partition coefficient (Wildman–Crippen LogP) is 0.245. The predicted molar refractivity (Wildman–Crippen MR) is 101 cm³/mol. The SMILES string of the molecule is CCCCN1[C@H](C(=O)NC(C)(C)CC(C)(C)C)[C@H](O)[C@@H](O)[C@H](O)[C@@H]1CO. The monoisotopic (exact) mass is 374 g/mol. The Morgan fingerprint density at radius 3 is 2.08 bits per heavy atom. The Kier molecular flexibility index (Phi) is 8.04. The van der Waals surface area contributed by atoms with Crippen LogP contribution in [0.15, 0.2) is 0 Å². The van der Waals surface area contributed by atoms with E-state index in [1.54, 1.807) is 4.90 Å². The fourth-order valence-corrected chi connectivity index (χ4v) is 4.16. The van der Waals surface area contributed by atoms with E-state index in [0.29, 0.717) is 6.54 Å². The Morgan fingerprint density at radius 1 is 1.04 bits per heavy atom. The lowest BCUT2D eigenvalue weighted by Gasteiger charge is -2.48. The van der Waals surface area contributed by atoms with Crippen molar-refractivity contribution in [3.8, 4) is 0 Å². The van der Waals surface area contributed by atoms with E-state index in [1.807, 2.05) is 20.8 Å². The average Bonchev–Trinajstić information content (AvgIpc) is 2.47. The number of likely N-dealkylation sites (tertiary alicyclic amines) is 1. The Morgan fingerprint density at radius 2 is 1.62 bits per heavy atom. The van der Waals surface area contributed by atoms with Crippen molar-refractivity contribution in [2.45, 2.75) is 96.7 Å². The molecule has 1 aliphatic rings. The van der Waals surface area contributed by atoms with Gasteiger partial charge in [-0.1, -0.05) is 34.1 Å². The van der Waals surface area contributed by atoms with Gasteiger partial charge in [0.1, 0.15) is 24.4 Å². The molecule has 26 heavy (non-hydrogen) atoms. The molecule has 1 aliphatic heterocycles. The number of hydrogen-bond acceptors (Lipinski definition) is 6.